The maximum Gasteiger partial charge on any atom is 0.431 e. The van der Waals surface area contributed by atoms with Gasteiger partial charge in [-0.1, -0.05) is 6.92 Å². The lowest BCUT2D eigenvalue weighted by Gasteiger charge is -2.25. The minimum Gasteiger partial charge on any atom is -0.468 e. The van der Waals surface area contributed by atoms with Crippen LogP contribution in [0.1, 0.15) is 26.2 Å². The summed E-state index contributed by atoms with van der Waals surface area (Å²) in [7, 11) is 3.59. The molecule has 150 valence electrons. The number of nitrogens with zero attached hydrogens (tertiary/aromatic N) is 2. The number of ether oxygens (including phenoxy) is 3. The summed E-state index contributed by atoms with van der Waals surface area (Å²) in [5.74, 6) is -4.33. The van der Waals surface area contributed by atoms with Crippen molar-refractivity contribution in [2.75, 3.05) is 34.5 Å². The normalized spacial score (nSPS) is 19.6. The fraction of sp³-hybridized carbons (Fsp3) is 0.812. The number of halogens is 3. The van der Waals surface area contributed by atoms with E-state index in [2.05, 4.69) is 14.6 Å². The summed E-state index contributed by atoms with van der Waals surface area (Å²) in [6.07, 6.45) is -3.91. The van der Waals surface area contributed by atoms with Gasteiger partial charge in [-0.05, 0) is 18.8 Å². The number of carbonyl (C=O) groups excluding carboxylic acids is 2. The van der Waals surface area contributed by atoms with E-state index in [1.165, 1.54) is 19.0 Å². The first-order valence-corrected chi connectivity index (χ1v) is 8.21. The number of hydrogen-bond donors (Lipinski definition) is 0. The first-order valence-electron chi connectivity index (χ1n) is 8.21. The fourth-order valence-corrected chi connectivity index (χ4v) is 2.92. The van der Waals surface area contributed by atoms with Gasteiger partial charge < -0.3 is 14.2 Å². The van der Waals surface area contributed by atoms with Crippen molar-refractivity contribution in [3.05, 3.63) is 0 Å². The number of hydrazone groups is 1. The second kappa shape index (κ2) is 9.75. The Morgan fingerprint density at radius 2 is 1.77 bits per heavy atom. The molecule has 0 amide bonds. The molecule has 0 aromatic heterocycles. The van der Waals surface area contributed by atoms with Gasteiger partial charge in [0.05, 0.1) is 26.9 Å². The number of rotatable bonds is 8. The molecule has 0 aromatic rings. The molecule has 0 saturated carbocycles. The lowest BCUT2D eigenvalue weighted by atomic mass is 9.89. The molecule has 1 heterocycles. The van der Waals surface area contributed by atoms with Gasteiger partial charge in [-0.3, -0.25) is 14.6 Å². The van der Waals surface area contributed by atoms with Crippen LogP contribution in [-0.4, -0.2) is 69.4 Å². The van der Waals surface area contributed by atoms with Crippen LogP contribution in [0.15, 0.2) is 5.10 Å². The maximum absolute atomic E-state index is 13.5. The minimum absolute atomic E-state index is 0.232. The Balaban J connectivity index is 3.04. The fourth-order valence-electron chi connectivity index (χ4n) is 2.92. The highest BCUT2D eigenvalue weighted by molar-refractivity contribution is 5.96. The summed E-state index contributed by atoms with van der Waals surface area (Å²) >= 11 is 0. The summed E-state index contributed by atoms with van der Waals surface area (Å²) in [5, 5.41) is 5.15. The van der Waals surface area contributed by atoms with Crippen molar-refractivity contribution in [1.82, 2.24) is 5.01 Å². The monoisotopic (exact) mass is 382 g/mol. The molecular weight excluding hydrogens is 357 g/mol. The zero-order valence-electron chi connectivity index (χ0n) is 15.3. The van der Waals surface area contributed by atoms with Crippen LogP contribution in [0.4, 0.5) is 13.2 Å². The van der Waals surface area contributed by atoms with Crippen molar-refractivity contribution >= 4 is 17.7 Å². The van der Waals surface area contributed by atoms with Gasteiger partial charge in [-0.25, -0.2) is 0 Å². The van der Waals surface area contributed by atoms with Gasteiger partial charge >= 0.3 is 18.1 Å². The predicted octanol–water partition coefficient (Wildman–Crippen LogP) is 2.00. The highest BCUT2D eigenvalue weighted by atomic mass is 19.4. The van der Waals surface area contributed by atoms with E-state index in [1.54, 1.807) is 0 Å². The van der Waals surface area contributed by atoms with Gasteiger partial charge in [0.1, 0.15) is 5.71 Å². The molecule has 1 rings (SSSR count). The van der Waals surface area contributed by atoms with Crippen LogP contribution >= 0.6 is 0 Å². The van der Waals surface area contributed by atoms with Crippen LogP contribution in [0.5, 0.6) is 0 Å². The van der Waals surface area contributed by atoms with Gasteiger partial charge in [-0.15, -0.1) is 0 Å². The molecule has 0 aromatic carbocycles. The molecule has 0 spiro atoms. The first-order chi connectivity index (χ1) is 12.1. The molecule has 1 saturated heterocycles. The molecule has 1 fully saturated rings. The third kappa shape index (κ3) is 5.86. The average molecular weight is 382 g/mol. The van der Waals surface area contributed by atoms with Crippen LogP contribution in [-0.2, 0) is 23.8 Å². The summed E-state index contributed by atoms with van der Waals surface area (Å²) in [6, 6.07) is -0.232. The van der Waals surface area contributed by atoms with Crippen LogP contribution in [0, 0.1) is 11.8 Å². The van der Waals surface area contributed by atoms with Crippen molar-refractivity contribution in [3.8, 4) is 0 Å². The van der Waals surface area contributed by atoms with Crippen molar-refractivity contribution in [2.45, 2.75) is 38.4 Å². The number of alkyl halides is 3. The summed E-state index contributed by atoms with van der Waals surface area (Å²) in [4.78, 5) is 23.6. The highest BCUT2D eigenvalue weighted by Gasteiger charge is 2.42. The molecule has 0 aliphatic carbocycles. The quantitative estimate of drug-likeness (QED) is 0.363. The Kier molecular flexibility index (Phi) is 8.32. The molecule has 0 radical (unpaired) electrons. The standard InChI is InChI=1S/C16H25F3N2O5/c1-10(13(14(22)25-3)15(23)26-4)8-12(16(17,18)19)20-21-7-5-6-11(21)9-24-2/h10-11,13H,5-9H2,1-4H3/b20-12-/t10-,11-/m0/s1. The Morgan fingerprint density at radius 3 is 2.23 bits per heavy atom. The first kappa shape index (κ1) is 22.2. The number of carbonyl (C=O) groups is 2. The van der Waals surface area contributed by atoms with E-state index in [9.17, 15) is 22.8 Å². The highest BCUT2D eigenvalue weighted by Crippen LogP contribution is 2.29. The topological polar surface area (TPSA) is 77.4 Å². The van der Waals surface area contributed by atoms with E-state index in [4.69, 9.17) is 4.74 Å². The molecule has 10 heteroatoms. The van der Waals surface area contributed by atoms with Crippen molar-refractivity contribution in [3.63, 3.8) is 0 Å². The Hall–Kier alpha value is -1.84. The Labute approximate surface area is 150 Å². The van der Waals surface area contributed by atoms with Gasteiger partial charge in [-0.2, -0.15) is 18.3 Å². The molecule has 2 atom stereocenters. The van der Waals surface area contributed by atoms with E-state index in [0.29, 0.717) is 19.4 Å². The molecule has 0 unspecified atom stereocenters. The van der Waals surface area contributed by atoms with Gasteiger partial charge in [0.25, 0.3) is 0 Å². The zero-order chi connectivity index (χ0) is 19.9. The van der Waals surface area contributed by atoms with Gasteiger partial charge in [0, 0.05) is 20.1 Å². The summed E-state index contributed by atoms with van der Waals surface area (Å²) in [5.41, 5.74) is -1.05. The van der Waals surface area contributed by atoms with E-state index >= 15 is 0 Å². The molecule has 26 heavy (non-hydrogen) atoms. The van der Waals surface area contributed by atoms with E-state index < -0.39 is 42.1 Å². The second-order valence-electron chi connectivity index (χ2n) is 6.16. The smallest absolute Gasteiger partial charge is 0.431 e. The van der Waals surface area contributed by atoms with E-state index in [-0.39, 0.29) is 12.6 Å². The van der Waals surface area contributed by atoms with Crippen LogP contribution in [0.3, 0.4) is 0 Å². The summed E-state index contributed by atoms with van der Waals surface area (Å²) in [6.45, 7) is 2.02. The maximum atomic E-state index is 13.5. The second-order valence-corrected chi connectivity index (χ2v) is 6.16. The minimum atomic E-state index is -4.69. The number of esters is 2. The Bertz CT molecular complexity index is 509. The average Bonchev–Trinajstić information content (AvgIpc) is 3.00. The molecule has 0 N–H and O–H groups in total. The van der Waals surface area contributed by atoms with Crippen molar-refractivity contribution < 1.29 is 37.0 Å². The van der Waals surface area contributed by atoms with Gasteiger partial charge in [0.15, 0.2) is 5.92 Å². The Morgan fingerprint density at radius 1 is 1.19 bits per heavy atom. The third-order valence-electron chi connectivity index (χ3n) is 4.28. The molecular formula is C16H25F3N2O5. The molecule has 0 bridgehead atoms. The third-order valence-corrected chi connectivity index (χ3v) is 4.28. The predicted molar refractivity (Wildman–Crippen MR) is 86.4 cm³/mol. The number of hydrogen-bond acceptors (Lipinski definition) is 7. The van der Waals surface area contributed by atoms with E-state index in [0.717, 1.165) is 14.2 Å². The SMILES string of the molecule is COC[C@@H]1CCCN1/N=C(/C[C@H](C)C(C(=O)OC)C(=O)OC)C(F)(F)F. The van der Waals surface area contributed by atoms with E-state index in [1.807, 2.05) is 0 Å². The lowest BCUT2D eigenvalue weighted by Crippen LogP contribution is -2.37. The van der Waals surface area contributed by atoms with Crippen LogP contribution in [0.25, 0.3) is 0 Å². The van der Waals surface area contributed by atoms with Crippen LogP contribution in [0.2, 0.25) is 0 Å². The van der Waals surface area contributed by atoms with Crippen molar-refractivity contribution in [2.24, 2.45) is 16.9 Å². The van der Waals surface area contributed by atoms with Crippen LogP contribution < -0.4 is 0 Å². The molecule has 1 aliphatic rings. The zero-order valence-corrected chi connectivity index (χ0v) is 15.3. The summed E-state index contributed by atoms with van der Waals surface area (Å²) < 4.78 is 54.4. The van der Waals surface area contributed by atoms with Gasteiger partial charge in [0.2, 0.25) is 0 Å². The molecule has 1 aliphatic heterocycles. The lowest BCUT2D eigenvalue weighted by molar-refractivity contribution is -0.161. The number of methoxy groups -OCH3 is 3. The van der Waals surface area contributed by atoms with Crippen molar-refractivity contribution in [1.29, 1.82) is 0 Å². The molecule has 7 nitrogen and oxygen atoms in total. The largest absolute Gasteiger partial charge is 0.468 e.